The van der Waals surface area contributed by atoms with Crippen LogP contribution in [0, 0.1) is 0 Å². The lowest BCUT2D eigenvalue weighted by Crippen LogP contribution is -2.30. The molecule has 0 atom stereocenters. The summed E-state index contributed by atoms with van der Waals surface area (Å²) in [5.74, 6) is 4.68. The largest absolute Gasteiger partial charge is 0.370 e. The van der Waals surface area contributed by atoms with Gasteiger partial charge in [-0.05, 0) is 23.8 Å². The third-order valence-electron chi connectivity index (χ3n) is 2.68. The van der Waals surface area contributed by atoms with Crippen molar-refractivity contribution >= 4 is 21.8 Å². The molecular weight excluding hydrogens is 322 g/mol. The number of halogens is 1. The van der Waals surface area contributed by atoms with E-state index in [1.807, 2.05) is 24.3 Å². The maximum Gasteiger partial charge on any atom is 0.266 e. The number of nitrogen functional groups attached to an aromatic ring is 1. The first-order valence-corrected chi connectivity index (χ1v) is 6.77. The number of carbonyl (C=O) groups is 1. The number of benzene rings is 1. The molecule has 0 aliphatic heterocycles. The number of hydrazine groups is 1. The molecule has 0 aliphatic rings. The van der Waals surface area contributed by atoms with E-state index in [1.165, 1.54) is 6.20 Å². The third kappa shape index (κ3) is 3.86. The second-order valence-electron chi connectivity index (χ2n) is 4.10. The number of hydrogen-bond acceptors (Lipinski definition) is 4. The van der Waals surface area contributed by atoms with Crippen molar-refractivity contribution in [1.82, 2.24) is 10.4 Å². The molecule has 0 unspecified atom stereocenters. The van der Waals surface area contributed by atoms with Crippen LogP contribution in [0.1, 0.15) is 21.6 Å². The van der Waals surface area contributed by atoms with Crippen molar-refractivity contribution in [1.29, 1.82) is 0 Å². The number of aromatic nitrogens is 1. The number of ether oxygens (including phenoxy) is 1. The van der Waals surface area contributed by atoms with Crippen molar-refractivity contribution in [3.63, 3.8) is 0 Å². The van der Waals surface area contributed by atoms with Gasteiger partial charge < -0.3 is 4.74 Å². The lowest BCUT2D eigenvalue weighted by atomic mass is 10.2. The van der Waals surface area contributed by atoms with Crippen LogP contribution in [0.15, 0.2) is 47.1 Å². The van der Waals surface area contributed by atoms with E-state index in [0.29, 0.717) is 18.8 Å². The van der Waals surface area contributed by atoms with Crippen LogP contribution < -0.4 is 11.3 Å². The zero-order valence-corrected chi connectivity index (χ0v) is 12.3. The quantitative estimate of drug-likeness (QED) is 0.498. The van der Waals surface area contributed by atoms with Crippen molar-refractivity contribution in [3.05, 3.63) is 63.9 Å². The molecule has 2 aromatic rings. The summed E-state index contributed by atoms with van der Waals surface area (Å²) in [7, 11) is 0. The van der Waals surface area contributed by atoms with E-state index in [9.17, 15) is 4.79 Å². The predicted molar refractivity (Wildman–Crippen MR) is 78.5 cm³/mol. The van der Waals surface area contributed by atoms with Gasteiger partial charge in [-0.3, -0.25) is 15.2 Å². The highest BCUT2D eigenvalue weighted by atomic mass is 79.9. The number of nitrogens with two attached hydrogens (primary N) is 1. The summed E-state index contributed by atoms with van der Waals surface area (Å²) in [4.78, 5) is 15.4. The minimum Gasteiger partial charge on any atom is -0.370 e. The first kappa shape index (κ1) is 14.6. The molecule has 0 bridgehead atoms. The highest BCUT2D eigenvalue weighted by Crippen LogP contribution is 2.17. The normalized spacial score (nSPS) is 10.3. The standard InChI is InChI=1S/C14H14BrN3O2/c15-13-4-2-1-3-11(13)8-20-9-12-6-5-10(7-17-12)14(19)18-16/h1-7H,8-9,16H2,(H,18,19). The van der Waals surface area contributed by atoms with Gasteiger partial charge in [-0.2, -0.15) is 0 Å². The Morgan fingerprint density at radius 3 is 2.70 bits per heavy atom. The molecule has 1 heterocycles. The summed E-state index contributed by atoms with van der Waals surface area (Å²) in [6, 6.07) is 11.3. The van der Waals surface area contributed by atoms with E-state index < -0.39 is 0 Å². The summed E-state index contributed by atoms with van der Waals surface area (Å²) in [5, 5.41) is 0. The second kappa shape index (κ2) is 7.14. The minimum absolute atomic E-state index is 0.363. The maximum atomic E-state index is 11.2. The highest BCUT2D eigenvalue weighted by Gasteiger charge is 2.04. The first-order chi connectivity index (χ1) is 9.70. The van der Waals surface area contributed by atoms with Gasteiger partial charge in [0.2, 0.25) is 0 Å². The van der Waals surface area contributed by atoms with Crippen molar-refractivity contribution in [2.75, 3.05) is 0 Å². The Kier molecular flexibility index (Phi) is 5.23. The number of nitrogens with zero attached hydrogens (tertiary/aromatic N) is 1. The molecule has 3 N–H and O–H groups in total. The molecule has 0 radical (unpaired) electrons. The van der Waals surface area contributed by atoms with E-state index in [4.69, 9.17) is 10.6 Å². The molecule has 0 saturated carbocycles. The Morgan fingerprint density at radius 1 is 1.25 bits per heavy atom. The summed E-state index contributed by atoms with van der Waals surface area (Å²) >= 11 is 3.46. The van der Waals surface area contributed by atoms with E-state index in [0.717, 1.165) is 15.7 Å². The molecule has 5 nitrogen and oxygen atoms in total. The van der Waals surface area contributed by atoms with E-state index in [1.54, 1.807) is 12.1 Å². The van der Waals surface area contributed by atoms with Crippen LogP contribution in [-0.4, -0.2) is 10.9 Å². The molecule has 1 aromatic carbocycles. The van der Waals surface area contributed by atoms with Crippen molar-refractivity contribution < 1.29 is 9.53 Å². The average molecular weight is 336 g/mol. The zero-order valence-electron chi connectivity index (χ0n) is 10.7. The Hall–Kier alpha value is -1.76. The predicted octanol–water partition coefficient (Wildman–Crippen LogP) is 2.16. The fraction of sp³-hybridized carbons (Fsp3) is 0.143. The van der Waals surface area contributed by atoms with Gasteiger partial charge in [-0.1, -0.05) is 34.1 Å². The molecule has 20 heavy (non-hydrogen) atoms. The monoisotopic (exact) mass is 335 g/mol. The van der Waals surface area contributed by atoms with Crippen LogP contribution in [-0.2, 0) is 18.0 Å². The van der Waals surface area contributed by atoms with Crippen LogP contribution in [0.3, 0.4) is 0 Å². The van der Waals surface area contributed by atoms with Crippen molar-refractivity contribution in [2.45, 2.75) is 13.2 Å². The van der Waals surface area contributed by atoms with Gasteiger partial charge in [0.1, 0.15) is 0 Å². The number of amides is 1. The number of hydrogen-bond donors (Lipinski definition) is 2. The van der Waals surface area contributed by atoms with Crippen LogP contribution in [0.25, 0.3) is 0 Å². The lowest BCUT2D eigenvalue weighted by molar-refractivity contribution is 0.0951. The third-order valence-corrected chi connectivity index (χ3v) is 3.46. The van der Waals surface area contributed by atoms with Gasteiger partial charge in [-0.25, -0.2) is 5.84 Å². The SMILES string of the molecule is NNC(=O)c1ccc(COCc2ccccc2Br)nc1. The van der Waals surface area contributed by atoms with Gasteiger partial charge in [0, 0.05) is 10.7 Å². The maximum absolute atomic E-state index is 11.2. The summed E-state index contributed by atoms with van der Waals surface area (Å²) in [6.07, 6.45) is 1.47. The van der Waals surface area contributed by atoms with Crippen molar-refractivity contribution in [3.8, 4) is 0 Å². The number of rotatable bonds is 5. The molecule has 0 spiro atoms. The molecule has 1 amide bonds. The zero-order chi connectivity index (χ0) is 14.4. The molecule has 104 valence electrons. The lowest BCUT2D eigenvalue weighted by Gasteiger charge is -2.06. The summed E-state index contributed by atoms with van der Waals surface area (Å²) < 4.78 is 6.61. The molecule has 6 heteroatoms. The van der Waals surface area contributed by atoms with Gasteiger partial charge in [0.25, 0.3) is 5.91 Å². The average Bonchev–Trinajstić information content (AvgIpc) is 2.49. The second-order valence-corrected chi connectivity index (χ2v) is 4.95. The van der Waals surface area contributed by atoms with Gasteiger partial charge >= 0.3 is 0 Å². The Bertz CT molecular complexity index is 587. The highest BCUT2D eigenvalue weighted by molar-refractivity contribution is 9.10. The van der Waals surface area contributed by atoms with Gasteiger partial charge in [0.15, 0.2) is 0 Å². The fourth-order valence-electron chi connectivity index (χ4n) is 1.61. The number of pyridine rings is 1. The van der Waals surface area contributed by atoms with Crippen molar-refractivity contribution in [2.24, 2.45) is 5.84 Å². The van der Waals surface area contributed by atoms with Gasteiger partial charge in [0.05, 0.1) is 24.5 Å². The molecule has 0 fully saturated rings. The molecule has 2 rings (SSSR count). The smallest absolute Gasteiger partial charge is 0.266 e. The van der Waals surface area contributed by atoms with Gasteiger partial charge in [-0.15, -0.1) is 0 Å². The van der Waals surface area contributed by atoms with Crippen LogP contribution in [0.5, 0.6) is 0 Å². The van der Waals surface area contributed by atoms with E-state index >= 15 is 0 Å². The van der Waals surface area contributed by atoms with E-state index in [2.05, 4.69) is 26.3 Å². The topological polar surface area (TPSA) is 77.2 Å². The first-order valence-electron chi connectivity index (χ1n) is 5.97. The Morgan fingerprint density at radius 2 is 2.05 bits per heavy atom. The summed E-state index contributed by atoms with van der Waals surface area (Å²) in [5.41, 5.74) is 4.31. The minimum atomic E-state index is -0.363. The molecule has 0 aliphatic carbocycles. The summed E-state index contributed by atoms with van der Waals surface area (Å²) in [6.45, 7) is 0.875. The van der Waals surface area contributed by atoms with Crippen LogP contribution in [0.4, 0.5) is 0 Å². The fourth-order valence-corrected chi connectivity index (χ4v) is 2.01. The van der Waals surface area contributed by atoms with Crippen LogP contribution in [0.2, 0.25) is 0 Å². The number of carbonyl (C=O) groups excluding carboxylic acids is 1. The Labute approximate surface area is 125 Å². The molecular formula is C14H14BrN3O2. The molecule has 0 saturated heterocycles. The van der Waals surface area contributed by atoms with E-state index in [-0.39, 0.29) is 5.91 Å². The molecule has 1 aromatic heterocycles. The number of nitrogens with one attached hydrogen (secondary N) is 1. The van der Waals surface area contributed by atoms with Crippen LogP contribution >= 0.6 is 15.9 Å². The Balaban J connectivity index is 1.88.